The summed E-state index contributed by atoms with van der Waals surface area (Å²) in [5.41, 5.74) is 5.45. The lowest BCUT2D eigenvalue weighted by Crippen LogP contribution is -2.13. The molecule has 0 aliphatic rings. The van der Waals surface area contributed by atoms with Crippen LogP contribution in [0.15, 0.2) is 41.0 Å². The number of aromatic nitrogens is 2. The molecule has 0 spiro atoms. The van der Waals surface area contributed by atoms with Crippen molar-refractivity contribution in [2.24, 2.45) is 0 Å². The van der Waals surface area contributed by atoms with Crippen molar-refractivity contribution in [2.45, 2.75) is 0 Å². The Balaban J connectivity index is 2.17. The number of halogens is 1. The van der Waals surface area contributed by atoms with Crippen molar-refractivity contribution >= 4 is 27.7 Å². The summed E-state index contributed by atoms with van der Waals surface area (Å²) in [6, 6.07) is 8.41. The highest BCUT2D eigenvalue weighted by atomic mass is 79.9. The predicted octanol–water partition coefficient (Wildman–Crippen LogP) is 2.04. The van der Waals surface area contributed by atoms with Crippen molar-refractivity contribution < 1.29 is 9.53 Å². The number of hydrogen-bond acceptors (Lipinski definition) is 5. The highest BCUT2D eigenvalue weighted by molar-refractivity contribution is 9.10. The third-order valence-electron chi connectivity index (χ3n) is 1.87. The van der Waals surface area contributed by atoms with Gasteiger partial charge in [-0.15, -0.1) is 0 Å². The maximum absolute atomic E-state index is 11.7. The van der Waals surface area contributed by atoms with Crippen molar-refractivity contribution in [3.8, 4) is 5.75 Å². The summed E-state index contributed by atoms with van der Waals surface area (Å²) in [4.78, 5) is 19.2. The predicted molar refractivity (Wildman–Crippen MR) is 65.5 cm³/mol. The first kappa shape index (κ1) is 11.5. The monoisotopic (exact) mass is 293 g/mol. The smallest absolute Gasteiger partial charge is 0.381 e. The van der Waals surface area contributed by atoms with Gasteiger partial charge in [-0.2, -0.15) is 0 Å². The van der Waals surface area contributed by atoms with E-state index in [0.29, 0.717) is 5.75 Å². The Morgan fingerprint density at radius 2 is 2.18 bits per heavy atom. The minimum atomic E-state index is -0.643. The molecule has 1 heterocycles. The molecule has 2 aromatic rings. The van der Waals surface area contributed by atoms with Crippen LogP contribution < -0.4 is 10.5 Å². The van der Waals surface area contributed by atoms with Gasteiger partial charge in [0.1, 0.15) is 11.6 Å². The van der Waals surface area contributed by atoms with Gasteiger partial charge >= 0.3 is 5.97 Å². The van der Waals surface area contributed by atoms with Crippen LogP contribution in [0.5, 0.6) is 5.75 Å². The summed E-state index contributed by atoms with van der Waals surface area (Å²) >= 11 is 3.28. The summed E-state index contributed by atoms with van der Waals surface area (Å²) in [5, 5.41) is 0. The topological polar surface area (TPSA) is 78.1 Å². The number of ether oxygens (including phenoxy) is 1. The molecule has 1 aromatic carbocycles. The molecule has 2 N–H and O–H groups in total. The minimum Gasteiger partial charge on any atom is -0.421 e. The number of hydrogen-bond donors (Lipinski definition) is 1. The zero-order chi connectivity index (χ0) is 12.3. The molecular weight excluding hydrogens is 286 g/mol. The molecule has 0 atom stereocenters. The first-order valence-electron chi connectivity index (χ1n) is 4.71. The number of esters is 1. The second-order valence-electron chi connectivity index (χ2n) is 3.15. The molecule has 0 unspecified atom stereocenters. The number of nitrogen functional groups attached to an aromatic ring is 1. The molecule has 0 aliphatic heterocycles. The van der Waals surface area contributed by atoms with Crippen molar-refractivity contribution in [1.29, 1.82) is 0 Å². The Morgan fingerprint density at radius 3 is 2.88 bits per heavy atom. The van der Waals surface area contributed by atoms with Gasteiger partial charge in [0.05, 0.1) is 0 Å². The van der Waals surface area contributed by atoms with Crippen molar-refractivity contribution in [1.82, 2.24) is 9.97 Å². The van der Waals surface area contributed by atoms with Crippen LogP contribution in [0.1, 0.15) is 10.6 Å². The van der Waals surface area contributed by atoms with E-state index in [-0.39, 0.29) is 11.6 Å². The van der Waals surface area contributed by atoms with Crippen LogP contribution in [0.3, 0.4) is 0 Å². The van der Waals surface area contributed by atoms with Crippen molar-refractivity contribution in [2.75, 3.05) is 5.73 Å². The Kier molecular flexibility index (Phi) is 3.34. The Bertz CT molecular complexity index is 560. The average molecular weight is 294 g/mol. The molecule has 2 rings (SSSR count). The van der Waals surface area contributed by atoms with E-state index in [1.54, 1.807) is 18.2 Å². The van der Waals surface area contributed by atoms with E-state index >= 15 is 0 Å². The number of anilines is 1. The standard InChI is InChI=1S/C11H8BrN3O2/c12-7-2-1-3-8(6-7)17-11(16)10-14-5-4-9(13)15-10/h1-6H,(H2,13,14,15). The lowest BCUT2D eigenvalue weighted by Gasteiger charge is -2.03. The first-order chi connectivity index (χ1) is 8.15. The van der Waals surface area contributed by atoms with Crippen LogP contribution in [-0.4, -0.2) is 15.9 Å². The van der Waals surface area contributed by atoms with Crippen LogP contribution in [0, 0.1) is 0 Å². The first-order valence-corrected chi connectivity index (χ1v) is 5.51. The van der Waals surface area contributed by atoms with E-state index in [2.05, 4.69) is 25.9 Å². The maximum atomic E-state index is 11.7. The number of nitrogens with two attached hydrogens (primary N) is 1. The number of carbonyl (C=O) groups is 1. The molecule has 0 saturated carbocycles. The number of benzene rings is 1. The van der Waals surface area contributed by atoms with Crippen LogP contribution in [0.2, 0.25) is 0 Å². The van der Waals surface area contributed by atoms with E-state index in [4.69, 9.17) is 10.5 Å². The summed E-state index contributed by atoms with van der Waals surface area (Å²) in [6.45, 7) is 0. The molecule has 6 heteroatoms. The van der Waals surface area contributed by atoms with Gasteiger partial charge in [-0.05, 0) is 24.3 Å². The van der Waals surface area contributed by atoms with Gasteiger partial charge in [0.15, 0.2) is 0 Å². The number of nitrogens with zero attached hydrogens (tertiary/aromatic N) is 2. The molecule has 0 radical (unpaired) electrons. The van der Waals surface area contributed by atoms with E-state index in [0.717, 1.165) is 4.47 Å². The van der Waals surface area contributed by atoms with Gasteiger partial charge in [-0.3, -0.25) is 0 Å². The molecule has 17 heavy (non-hydrogen) atoms. The molecule has 0 aliphatic carbocycles. The van der Waals surface area contributed by atoms with Gasteiger partial charge in [0, 0.05) is 10.7 Å². The highest BCUT2D eigenvalue weighted by Gasteiger charge is 2.12. The third-order valence-corrected chi connectivity index (χ3v) is 2.36. The SMILES string of the molecule is Nc1ccnc(C(=O)Oc2cccc(Br)c2)n1. The highest BCUT2D eigenvalue weighted by Crippen LogP contribution is 2.18. The van der Waals surface area contributed by atoms with Gasteiger partial charge < -0.3 is 10.5 Å². The van der Waals surface area contributed by atoms with Crippen LogP contribution in [-0.2, 0) is 0 Å². The van der Waals surface area contributed by atoms with Crippen molar-refractivity contribution in [3.05, 3.63) is 46.8 Å². The molecule has 0 fully saturated rings. The van der Waals surface area contributed by atoms with Gasteiger partial charge in [0.25, 0.3) is 0 Å². The molecule has 5 nitrogen and oxygen atoms in total. The zero-order valence-corrected chi connectivity index (χ0v) is 10.2. The minimum absolute atomic E-state index is 0.0648. The quantitative estimate of drug-likeness (QED) is 0.677. The largest absolute Gasteiger partial charge is 0.421 e. The molecule has 0 saturated heterocycles. The van der Waals surface area contributed by atoms with E-state index in [1.165, 1.54) is 12.3 Å². The van der Waals surface area contributed by atoms with Crippen molar-refractivity contribution in [3.63, 3.8) is 0 Å². The number of rotatable bonds is 2. The van der Waals surface area contributed by atoms with E-state index in [9.17, 15) is 4.79 Å². The fourth-order valence-electron chi connectivity index (χ4n) is 1.15. The summed E-state index contributed by atoms with van der Waals surface area (Å²) in [6.07, 6.45) is 1.40. The average Bonchev–Trinajstić information content (AvgIpc) is 2.29. The second-order valence-corrected chi connectivity index (χ2v) is 4.07. The molecule has 0 amide bonds. The lowest BCUT2D eigenvalue weighted by molar-refractivity contribution is 0.0722. The Labute approximate surface area is 106 Å². The van der Waals surface area contributed by atoms with Crippen LogP contribution in [0.4, 0.5) is 5.82 Å². The molecule has 1 aromatic heterocycles. The van der Waals surface area contributed by atoms with Gasteiger partial charge in [0.2, 0.25) is 5.82 Å². The molecule has 0 bridgehead atoms. The maximum Gasteiger partial charge on any atom is 0.381 e. The normalized spacial score (nSPS) is 9.94. The lowest BCUT2D eigenvalue weighted by atomic mass is 10.3. The summed E-state index contributed by atoms with van der Waals surface area (Å²) in [7, 11) is 0. The zero-order valence-electron chi connectivity index (χ0n) is 8.63. The third kappa shape index (κ3) is 3.01. The van der Waals surface area contributed by atoms with Gasteiger partial charge in [-0.1, -0.05) is 22.0 Å². The van der Waals surface area contributed by atoms with Crippen LogP contribution >= 0.6 is 15.9 Å². The summed E-state index contributed by atoms with van der Waals surface area (Å²) < 4.78 is 5.90. The molecule has 86 valence electrons. The van der Waals surface area contributed by atoms with Gasteiger partial charge in [-0.25, -0.2) is 14.8 Å². The van der Waals surface area contributed by atoms with E-state index in [1.807, 2.05) is 6.07 Å². The summed E-state index contributed by atoms with van der Waals surface area (Å²) in [5.74, 6) is -0.0723. The van der Waals surface area contributed by atoms with Crippen LogP contribution in [0.25, 0.3) is 0 Å². The fraction of sp³-hybridized carbons (Fsp3) is 0. The fourth-order valence-corrected chi connectivity index (χ4v) is 1.53. The Morgan fingerprint density at radius 1 is 1.35 bits per heavy atom. The number of carbonyl (C=O) groups excluding carboxylic acids is 1. The van der Waals surface area contributed by atoms with E-state index < -0.39 is 5.97 Å². The Hall–Kier alpha value is -1.95. The molecular formula is C11H8BrN3O2. The second kappa shape index (κ2) is 4.92.